The zero-order valence-corrected chi connectivity index (χ0v) is 15.8. The van der Waals surface area contributed by atoms with Gasteiger partial charge in [0.25, 0.3) is 0 Å². The smallest absolute Gasteiger partial charge is 0.369 e. The number of halogens is 6. The van der Waals surface area contributed by atoms with Crippen LogP contribution in [0.5, 0.6) is 0 Å². The molecule has 12 heteroatoms. The summed E-state index contributed by atoms with van der Waals surface area (Å²) < 4.78 is 78.0. The van der Waals surface area contributed by atoms with Crippen molar-refractivity contribution in [3.63, 3.8) is 0 Å². The zero-order valence-electron chi connectivity index (χ0n) is 15.8. The number of guanidine groups is 1. The number of amides is 2. The van der Waals surface area contributed by atoms with Crippen molar-refractivity contribution in [2.45, 2.75) is 38.4 Å². The lowest BCUT2D eigenvalue weighted by Crippen LogP contribution is -2.58. The average Bonchev–Trinajstić information content (AvgIpc) is 2.59. The summed E-state index contributed by atoms with van der Waals surface area (Å²) in [4.78, 5) is 29.2. The molecule has 1 unspecified atom stereocenters. The molecule has 1 aromatic rings. The Balaban J connectivity index is 2.54. The molecule has 0 radical (unpaired) electrons. The van der Waals surface area contributed by atoms with Gasteiger partial charge in [-0.05, 0) is 39.0 Å². The fraction of sp³-hybridized carbons (Fsp3) is 0.471. The lowest BCUT2D eigenvalue weighted by atomic mass is 9.67. The summed E-state index contributed by atoms with van der Waals surface area (Å²) in [6, 6.07) is 2.41. The Bertz CT molecular complexity index is 896. The van der Waals surface area contributed by atoms with Crippen LogP contribution in [-0.2, 0) is 15.1 Å². The first-order valence-electron chi connectivity index (χ1n) is 8.16. The Morgan fingerprint density at radius 3 is 2.24 bits per heavy atom. The SMILES string of the molecule is CN1C(=O)C(C)(C)C(C)(c2cc(NC(=O)C(F)(F)C(F)(F)F)ccc2F)N=C1N. The summed E-state index contributed by atoms with van der Waals surface area (Å²) in [5, 5.41) is 1.42. The topological polar surface area (TPSA) is 87.8 Å². The highest BCUT2D eigenvalue weighted by molar-refractivity contribution is 6.02. The van der Waals surface area contributed by atoms with Crippen LogP contribution in [-0.4, -0.2) is 41.8 Å². The number of alkyl halides is 5. The van der Waals surface area contributed by atoms with E-state index in [1.165, 1.54) is 33.1 Å². The van der Waals surface area contributed by atoms with Gasteiger partial charge in [0.05, 0.1) is 5.41 Å². The van der Waals surface area contributed by atoms with Gasteiger partial charge in [0, 0.05) is 18.3 Å². The van der Waals surface area contributed by atoms with Crippen LogP contribution in [0.2, 0.25) is 0 Å². The highest BCUT2D eigenvalue weighted by Gasteiger charge is 2.63. The number of hydrogen-bond donors (Lipinski definition) is 2. The molecule has 1 aliphatic rings. The van der Waals surface area contributed by atoms with E-state index in [2.05, 4.69) is 4.99 Å². The maximum absolute atomic E-state index is 14.6. The number of carbonyl (C=O) groups excluding carboxylic acids is 2. The van der Waals surface area contributed by atoms with Crippen LogP contribution in [0.25, 0.3) is 0 Å². The molecule has 1 atom stereocenters. The number of carbonyl (C=O) groups is 2. The van der Waals surface area contributed by atoms with Crippen molar-refractivity contribution in [1.29, 1.82) is 0 Å². The third-order valence-corrected chi connectivity index (χ3v) is 5.13. The predicted molar refractivity (Wildman–Crippen MR) is 91.6 cm³/mol. The summed E-state index contributed by atoms with van der Waals surface area (Å²) in [6.45, 7) is 4.26. The number of nitrogens with zero attached hydrogens (tertiary/aromatic N) is 2. The van der Waals surface area contributed by atoms with Gasteiger partial charge in [0.1, 0.15) is 11.4 Å². The Labute approximate surface area is 161 Å². The standard InChI is InChI=1S/C17H18F6N4O2/c1-14(2)12(29)27(4)13(24)26-15(14,3)9-7-8(5-6-10(9)18)25-11(28)16(19,20)17(21,22)23/h5-7H,1-4H3,(H2,24,26)(H,25,28). The van der Waals surface area contributed by atoms with Gasteiger partial charge in [-0.25, -0.2) is 9.38 Å². The van der Waals surface area contributed by atoms with E-state index in [-0.39, 0.29) is 11.5 Å². The lowest BCUT2D eigenvalue weighted by Gasteiger charge is -2.46. The Hall–Kier alpha value is -2.79. The van der Waals surface area contributed by atoms with Crippen LogP contribution in [0.3, 0.4) is 0 Å². The van der Waals surface area contributed by atoms with E-state index in [0.717, 1.165) is 23.1 Å². The van der Waals surface area contributed by atoms with E-state index in [1.807, 2.05) is 0 Å². The molecule has 0 saturated carbocycles. The first kappa shape index (κ1) is 22.5. The summed E-state index contributed by atoms with van der Waals surface area (Å²) in [7, 11) is 1.36. The van der Waals surface area contributed by atoms with Crippen LogP contribution < -0.4 is 11.1 Å². The summed E-state index contributed by atoms with van der Waals surface area (Å²) >= 11 is 0. The molecule has 2 amide bonds. The van der Waals surface area contributed by atoms with Crippen molar-refractivity contribution in [1.82, 2.24) is 4.90 Å². The first-order chi connectivity index (χ1) is 13.0. The van der Waals surface area contributed by atoms with Gasteiger partial charge in [-0.3, -0.25) is 14.5 Å². The van der Waals surface area contributed by atoms with Gasteiger partial charge < -0.3 is 11.1 Å². The number of aliphatic imine (C=N–C) groups is 1. The predicted octanol–water partition coefficient (Wildman–Crippen LogP) is 2.99. The maximum atomic E-state index is 14.6. The van der Waals surface area contributed by atoms with Crippen molar-refractivity contribution in [3.8, 4) is 0 Å². The molecule has 0 saturated heterocycles. The third-order valence-electron chi connectivity index (χ3n) is 5.13. The van der Waals surface area contributed by atoms with Crippen molar-refractivity contribution in [3.05, 3.63) is 29.6 Å². The van der Waals surface area contributed by atoms with Gasteiger partial charge in [-0.15, -0.1) is 0 Å². The molecule has 29 heavy (non-hydrogen) atoms. The normalized spacial score (nSPS) is 22.3. The molecule has 6 nitrogen and oxygen atoms in total. The van der Waals surface area contributed by atoms with E-state index in [1.54, 1.807) is 0 Å². The van der Waals surface area contributed by atoms with Crippen LogP contribution in [0.4, 0.5) is 32.0 Å². The molecular formula is C17H18F6N4O2. The van der Waals surface area contributed by atoms with E-state index in [4.69, 9.17) is 5.73 Å². The minimum atomic E-state index is -6.10. The molecule has 1 aliphatic heterocycles. The number of nitrogens with one attached hydrogen (secondary N) is 1. The monoisotopic (exact) mass is 424 g/mol. The summed E-state index contributed by atoms with van der Waals surface area (Å²) in [6.07, 6.45) is -6.10. The lowest BCUT2D eigenvalue weighted by molar-refractivity contribution is -0.267. The maximum Gasteiger partial charge on any atom is 0.463 e. The van der Waals surface area contributed by atoms with E-state index >= 15 is 0 Å². The molecule has 1 heterocycles. The van der Waals surface area contributed by atoms with Crippen LogP contribution in [0.1, 0.15) is 26.3 Å². The van der Waals surface area contributed by atoms with Gasteiger partial charge in [0.2, 0.25) is 5.91 Å². The van der Waals surface area contributed by atoms with Crippen LogP contribution in [0, 0.1) is 11.2 Å². The molecule has 2 rings (SSSR count). The number of benzene rings is 1. The fourth-order valence-corrected chi connectivity index (χ4v) is 2.89. The molecule has 3 N–H and O–H groups in total. The first-order valence-corrected chi connectivity index (χ1v) is 8.16. The van der Waals surface area contributed by atoms with E-state index in [0.29, 0.717) is 0 Å². The molecule has 0 aromatic heterocycles. The number of nitrogens with two attached hydrogens (primary N) is 1. The zero-order chi connectivity index (χ0) is 22.6. The minimum Gasteiger partial charge on any atom is -0.369 e. The molecule has 1 aromatic carbocycles. The van der Waals surface area contributed by atoms with Crippen molar-refractivity contribution < 1.29 is 35.9 Å². The molecular weight excluding hydrogens is 406 g/mol. The fourth-order valence-electron chi connectivity index (χ4n) is 2.89. The second-order valence-corrected chi connectivity index (χ2v) is 7.25. The third kappa shape index (κ3) is 3.40. The highest BCUT2D eigenvalue weighted by atomic mass is 19.4. The number of hydrogen-bond acceptors (Lipinski definition) is 4. The van der Waals surface area contributed by atoms with Crippen molar-refractivity contribution in [2.24, 2.45) is 16.1 Å². The Kier molecular flexibility index (Phi) is 5.14. The van der Waals surface area contributed by atoms with Gasteiger partial charge >= 0.3 is 18.0 Å². The minimum absolute atomic E-state index is 0.241. The summed E-state index contributed by atoms with van der Waals surface area (Å²) in [5.41, 5.74) is 1.85. The largest absolute Gasteiger partial charge is 0.463 e. The molecule has 0 fully saturated rings. The van der Waals surface area contributed by atoms with Gasteiger partial charge in [-0.1, -0.05) is 0 Å². The Morgan fingerprint density at radius 1 is 1.17 bits per heavy atom. The van der Waals surface area contributed by atoms with Crippen LogP contribution >= 0.6 is 0 Å². The van der Waals surface area contributed by atoms with Gasteiger partial charge in [-0.2, -0.15) is 22.0 Å². The highest BCUT2D eigenvalue weighted by Crippen LogP contribution is 2.47. The Morgan fingerprint density at radius 2 is 1.72 bits per heavy atom. The van der Waals surface area contributed by atoms with E-state index < -0.39 is 46.4 Å². The summed E-state index contributed by atoms with van der Waals surface area (Å²) in [5.74, 6) is -9.97. The molecule has 0 spiro atoms. The molecule has 0 aliphatic carbocycles. The second-order valence-electron chi connectivity index (χ2n) is 7.25. The number of rotatable bonds is 3. The van der Waals surface area contributed by atoms with Crippen molar-refractivity contribution in [2.75, 3.05) is 12.4 Å². The van der Waals surface area contributed by atoms with Crippen LogP contribution in [0.15, 0.2) is 23.2 Å². The molecule has 160 valence electrons. The molecule has 0 bridgehead atoms. The van der Waals surface area contributed by atoms with Crippen molar-refractivity contribution >= 4 is 23.5 Å². The quantitative estimate of drug-likeness (QED) is 0.732. The van der Waals surface area contributed by atoms with Gasteiger partial charge in [0.15, 0.2) is 5.96 Å². The average molecular weight is 424 g/mol. The second kappa shape index (κ2) is 6.63. The van der Waals surface area contributed by atoms with E-state index in [9.17, 15) is 35.9 Å². The number of anilines is 1.